The van der Waals surface area contributed by atoms with Gasteiger partial charge >= 0.3 is 0 Å². The van der Waals surface area contributed by atoms with E-state index in [0.717, 1.165) is 19.6 Å². The number of ether oxygens (including phenoxy) is 1. The molecule has 1 aliphatic heterocycles. The summed E-state index contributed by atoms with van der Waals surface area (Å²) in [6, 6.07) is 0. The van der Waals surface area contributed by atoms with E-state index in [1.165, 1.54) is 0 Å². The molecule has 1 N–H and O–H groups in total. The molecule has 0 spiro atoms. The Labute approximate surface area is 62.2 Å². The molecule has 1 rings (SSSR count). The Hall–Kier alpha value is -0.0800. The van der Waals surface area contributed by atoms with Gasteiger partial charge in [0.05, 0.1) is 13.2 Å². The fraction of sp³-hybridized carbons (Fsp3) is 1.00. The highest BCUT2D eigenvalue weighted by Crippen LogP contribution is 2.36. The van der Waals surface area contributed by atoms with Crippen LogP contribution in [-0.4, -0.2) is 24.9 Å². The van der Waals surface area contributed by atoms with Crippen molar-refractivity contribution in [2.75, 3.05) is 19.8 Å². The highest BCUT2D eigenvalue weighted by Gasteiger charge is 2.39. The second-order valence-electron chi connectivity index (χ2n) is 3.43. The van der Waals surface area contributed by atoms with Crippen molar-refractivity contribution >= 4 is 0 Å². The van der Waals surface area contributed by atoms with Crippen LogP contribution in [-0.2, 0) is 4.74 Å². The zero-order valence-electron chi connectivity index (χ0n) is 6.76. The van der Waals surface area contributed by atoms with E-state index < -0.39 is 0 Å². The summed E-state index contributed by atoms with van der Waals surface area (Å²) in [5.74, 6) is 0.432. The lowest BCUT2D eigenvalue weighted by Crippen LogP contribution is -2.46. The van der Waals surface area contributed by atoms with Crippen molar-refractivity contribution in [3.05, 3.63) is 0 Å². The van der Waals surface area contributed by atoms with Crippen LogP contribution in [0.25, 0.3) is 0 Å². The predicted molar refractivity (Wildman–Crippen MR) is 39.8 cm³/mol. The summed E-state index contributed by atoms with van der Waals surface area (Å²) in [4.78, 5) is 0. The third kappa shape index (κ3) is 1.18. The van der Waals surface area contributed by atoms with Gasteiger partial charge in [-0.05, 0) is 5.92 Å². The summed E-state index contributed by atoms with van der Waals surface area (Å²) in [6.07, 6.45) is 1.05. The minimum Gasteiger partial charge on any atom is -0.396 e. The first-order chi connectivity index (χ1) is 4.73. The molecule has 1 fully saturated rings. The van der Waals surface area contributed by atoms with Gasteiger partial charge in [0.2, 0.25) is 0 Å². The minimum atomic E-state index is 0.267. The van der Waals surface area contributed by atoms with Crippen molar-refractivity contribution < 1.29 is 9.84 Å². The molecule has 0 bridgehead atoms. The molecule has 1 aliphatic rings. The smallest absolute Gasteiger partial charge is 0.0545 e. The van der Waals surface area contributed by atoms with Gasteiger partial charge in [-0.25, -0.2) is 0 Å². The Balaban J connectivity index is 2.43. The van der Waals surface area contributed by atoms with Crippen LogP contribution in [0.4, 0.5) is 0 Å². The van der Waals surface area contributed by atoms with Gasteiger partial charge < -0.3 is 9.84 Å². The van der Waals surface area contributed by atoms with E-state index in [4.69, 9.17) is 9.84 Å². The molecule has 0 aromatic rings. The molecule has 0 radical (unpaired) electrons. The van der Waals surface area contributed by atoms with Gasteiger partial charge in [0, 0.05) is 12.0 Å². The highest BCUT2D eigenvalue weighted by molar-refractivity contribution is 4.86. The summed E-state index contributed by atoms with van der Waals surface area (Å²) in [6.45, 7) is 6.25. The van der Waals surface area contributed by atoms with E-state index in [1.54, 1.807) is 0 Å². The quantitative estimate of drug-likeness (QED) is 0.641. The predicted octanol–water partition coefficient (Wildman–Crippen LogP) is 1.04. The topological polar surface area (TPSA) is 29.5 Å². The Kier molecular flexibility index (Phi) is 2.32. The summed E-state index contributed by atoms with van der Waals surface area (Å²) in [7, 11) is 0. The molecule has 0 amide bonds. The maximum atomic E-state index is 8.97. The van der Waals surface area contributed by atoms with Crippen LogP contribution in [0.15, 0.2) is 0 Å². The molecule has 0 aliphatic carbocycles. The van der Waals surface area contributed by atoms with Gasteiger partial charge in [-0.3, -0.25) is 0 Å². The van der Waals surface area contributed by atoms with Crippen molar-refractivity contribution in [2.45, 2.75) is 20.3 Å². The second-order valence-corrected chi connectivity index (χ2v) is 3.43. The van der Waals surface area contributed by atoms with Gasteiger partial charge in [0.25, 0.3) is 0 Å². The van der Waals surface area contributed by atoms with Crippen LogP contribution in [0.3, 0.4) is 0 Å². The maximum absolute atomic E-state index is 8.97. The zero-order chi connectivity index (χ0) is 7.61. The summed E-state index contributed by atoms with van der Waals surface area (Å²) < 4.78 is 5.11. The van der Waals surface area contributed by atoms with E-state index in [2.05, 4.69) is 13.8 Å². The van der Waals surface area contributed by atoms with E-state index >= 15 is 0 Å². The van der Waals surface area contributed by atoms with Crippen molar-refractivity contribution in [1.82, 2.24) is 0 Å². The lowest BCUT2D eigenvalue weighted by molar-refractivity contribution is -0.143. The summed E-state index contributed by atoms with van der Waals surface area (Å²) in [5.41, 5.74) is 0.267. The molecule has 0 saturated carbocycles. The number of hydrogen-bond acceptors (Lipinski definition) is 2. The molecule has 0 aromatic heterocycles. The molecule has 1 atom stereocenters. The van der Waals surface area contributed by atoms with Gasteiger partial charge in [0.15, 0.2) is 0 Å². The van der Waals surface area contributed by atoms with Crippen LogP contribution >= 0.6 is 0 Å². The molecule has 0 aromatic carbocycles. The van der Waals surface area contributed by atoms with Crippen LogP contribution in [0.5, 0.6) is 0 Å². The van der Waals surface area contributed by atoms with E-state index in [9.17, 15) is 0 Å². The number of aliphatic hydroxyl groups excluding tert-OH is 1. The fourth-order valence-corrected chi connectivity index (χ4v) is 1.50. The third-order valence-electron chi connectivity index (χ3n) is 2.56. The molecule has 1 heterocycles. The lowest BCUT2D eigenvalue weighted by Gasteiger charge is -2.43. The highest BCUT2D eigenvalue weighted by atomic mass is 16.5. The fourth-order valence-electron chi connectivity index (χ4n) is 1.50. The minimum absolute atomic E-state index is 0.267. The van der Waals surface area contributed by atoms with Crippen molar-refractivity contribution in [3.8, 4) is 0 Å². The van der Waals surface area contributed by atoms with E-state index in [1.807, 2.05) is 0 Å². The Morgan fingerprint density at radius 3 is 2.30 bits per heavy atom. The maximum Gasteiger partial charge on any atom is 0.0545 e. The molecule has 2 nitrogen and oxygen atoms in total. The Bertz CT molecular complexity index is 104. The normalized spacial score (nSPS) is 25.5. The first-order valence-corrected chi connectivity index (χ1v) is 3.91. The summed E-state index contributed by atoms with van der Waals surface area (Å²) >= 11 is 0. The van der Waals surface area contributed by atoms with Crippen molar-refractivity contribution in [3.63, 3.8) is 0 Å². The van der Waals surface area contributed by atoms with Crippen molar-refractivity contribution in [1.29, 1.82) is 0 Å². The molecular weight excluding hydrogens is 128 g/mol. The zero-order valence-corrected chi connectivity index (χ0v) is 6.76. The molecule has 10 heavy (non-hydrogen) atoms. The van der Waals surface area contributed by atoms with Crippen LogP contribution in [0.2, 0.25) is 0 Å². The van der Waals surface area contributed by atoms with Gasteiger partial charge in [-0.2, -0.15) is 0 Å². The largest absolute Gasteiger partial charge is 0.396 e. The Morgan fingerprint density at radius 1 is 1.60 bits per heavy atom. The number of aliphatic hydroxyl groups is 1. The monoisotopic (exact) mass is 144 g/mol. The van der Waals surface area contributed by atoms with Crippen LogP contribution < -0.4 is 0 Å². The molecule has 60 valence electrons. The van der Waals surface area contributed by atoms with E-state index in [0.29, 0.717) is 12.5 Å². The standard InChI is InChI=1S/C8H16O2/c1-3-7(4-9)8(2)5-10-6-8/h7,9H,3-6H2,1-2H3. The van der Waals surface area contributed by atoms with Crippen LogP contribution in [0.1, 0.15) is 20.3 Å². The third-order valence-corrected chi connectivity index (χ3v) is 2.56. The van der Waals surface area contributed by atoms with Gasteiger partial charge in [-0.15, -0.1) is 0 Å². The molecule has 1 unspecified atom stereocenters. The van der Waals surface area contributed by atoms with Gasteiger partial charge in [-0.1, -0.05) is 20.3 Å². The average Bonchev–Trinajstić information content (AvgIpc) is 1.87. The summed E-state index contributed by atoms with van der Waals surface area (Å²) in [5, 5.41) is 8.97. The lowest BCUT2D eigenvalue weighted by atomic mass is 9.74. The number of rotatable bonds is 3. The van der Waals surface area contributed by atoms with Crippen molar-refractivity contribution in [2.24, 2.45) is 11.3 Å². The molecular formula is C8H16O2. The van der Waals surface area contributed by atoms with Gasteiger partial charge in [0.1, 0.15) is 0 Å². The van der Waals surface area contributed by atoms with E-state index in [-0.39, 0.29) is 5.41 Å². The first-order valence-electron chi connectivity index (χ1n) is 3.91. The molecule has 1 saturated heterocycles. The first kappa shape index (κ1) is 8.02. The second kappa shape index (κ2) is 2.89. The molecule has 2 heteroatoms. The SMILES string of the molecule is CCC(CO)C1(C)COC1. The average molecular weight is 144 g/mol. The van der Waals surface area contributed by atoms with Crippen LogP contribution in [0, 0.1) is 11.3 Å². The number of hydrogen-bond donors (Lipinski definition) is 1. The Morgan fingerprint density at radius 2 is 2.20 bits per heavy atom.